The van der Waals surface area contributed by atoms with Crippen molar-refractivity contribution in [3.8, 4) is 11.8 Å². The van der Waals surface area contributed by atoms with Gasteiger partial charge in [0.2, 0.25) is 0 Å². The van der Waals surface area contributed by atoms with E-state index in [1.807, 2.05) is 6.07 Å². The van der Waals surface area contributed by atoms with Gasteiger partial charge in [0.1, 0.15) is 10.8 Å². The predicted molar refractivity (Wildman–Crippen MR) is 62.2 cm³/mol. The molecule has 3 nitrogen and oxygen atoms in total. The second-order valence-corrected chi connectivity index (χ2v) is 3.78. The Kier molecular flexibility index (Phi) is 4.60. The summed E-state index contributed by atoms with van der Waals surface area (Å²) in [6.07, 6.45) is 0.303. The fourth-order valence-electron chi connectivity index (χ4n) is 1.21. The van der Waals surface area contributed by atoms with E-state index in [0.717, 1.165) is 0 Å². The van der Waals surface area contributed by atoms with Gasteiger partial charge in [0.25, 0.3) is 0 Å². The van der Waals surface area contributed by atoms with Crippen molar-refractivity contribution in [2.45, 2.75) is 12.8 Å². The summed E-state index contributed by atoms with van der Waals surface area (Å²) >= 11 is 11.8. The average molecular weight is 258 g/mol. The van der Waals surface area contributed by atoms with Gasteiger partial charge in [-0.2, -0.15) is 5.26 Å². The topological polar surface area (TPSA) is 50.1 Å². The van der Waals surface area contributed by atoms with Crippen molar-refractivity contribution in [3.63, 3.8) is 0 Å². The van der Waals surface area contributed by atoms with Crippen molar-refractivity contribution >= 4 is 29.0 Å². The number of hydrogen-bond donors (Lipinski definition) is 0. The summed E-state index contributed by atoms with van der Waals surface area (Å²) in [6, 6.07) is 5.03. The lowest BCUT2D eigenvalue weighted by atomic mass is 10.1. The molecule has 0 amide bonds. The number of nitriles is 1. The van der Waals surface area contributed by atoms with Gasteiger partial charge in [0.05, 0.1) is 18.2 Å². The van der Waals surface area contributed by atoms with Crippen LogP contribution in [0.5, 0.6) is 5.75 Å². The van der Waals surface area contributed by atoms with E-state index >= 15 is 0 Å². The first-order chi connectivity index (χ1) is 7.61. The minimum atomic E-state index is -0.198. The smallest absolute Gasteiger partial charge is 0.165 e. The first kappa shape index (κ1) is 12.8. The van der Waals surface area contributed by atoms with Crippen LogP contribution >= 0.6 is 23.2 Å². The molecule has 0 aliphatic heterocycles. The Labute approximate surface area is 104 Å². The number of ether oxygens (including phenoxy) is 1. The number of Topliss-reactive ketones (excluding diaryl/α,β-unsaturated/α-hetero) is 1. The number of carbonyl (C=O) groups is 1. The molecule has 0 unspecified atom stereocenters. The van der Waals surface area contributed by atoms with Crippen molar-refractivity contribution in [3.05, 3.63) is 27.7 Å². The number of benzene rings is 1. The van der Waals surface area contributed by atoms with E-state index in [4.69, 9.17) is 33.2 Å². The Morgan fingerprint density at radius 2 is 2.12 bits per heavy atom. The second-order valence-electron chi connectivity index (χ2n) is 3.02. The number of halogens is 2. The quantitative estimate of drug-likeness (QED) is 0.776. The molecule has 1 aromatic carbocycles. The van der Waals surface area contributed by atoms with E-state index in [2.05, 4.69) is 0 Å². The van der Waals surface area contributed by atoms with E-state index in [9.17, 15) is 4.79 Å². The molecule has 0 radical (unpaired) electrons. The number of ketones is 1. The van der Waals surface area contributed by atoms with Gasteiger partial charge >= 0.3 is 0 Å². The van der Waals surface area contributed by atoms with Crippen LogP contribution in [0.15, 0.2) is 12.1 Å². The van der Waals surface area contributed by atoms with Crippen LogP contribution in [0, 0.1) is 11.3 Å². The van der Waals surface area contributed by atoms with Crippen LogP contribution in [0.25, 0.3) is 0 Å². The summed E-state index contributed by atoms with van der Waals surface area (Å²) in [5.74, 6) is 0.222. The van der Waals surface area contributed by atoms with Gasteiger partial charge < -0.3 is 4.74 Å². The molecule has 0 aliphatic carbocycles. The second kappa shape index (κ2) is 5.74. The summed E-state index contributed by atoms with van der Waals surface area (Å²) in [6.45, 7) is 0. The van der Waals surface area contributed by atoms with Gasteiger partial charge in [-0.25, -0.2) is 0 Å². The summed E-state index contributed by atoms with van der Waals surface area (Å²) in [7, 11) is 1.47. The normalized spacial score (nSPS) is 9.62. The summed E-state index contributed by atoms with van der Waals surface area (Å²) in [5, 5.41) is 8.77. The van der Waals surface area contributed by atoms with Crippen LogP contribution in [0.3, 0.4) is 0 Å². The first-order valence-electron chi connectivity index (χ1n) is 4.54. The standard InChI is InChI=1S/C11H9Cl2NO2/c1-16-9-5-4-7(10(12)11(9)13)8(15)3-2-6-14/h4-5H,2-3H2,1H3. The van der Waals surface area contributed by atoms with Crippen LogP contribution in [0.4, 0.5) is 0 Å². The fraction of sp³-hybridized carbons (Fsp3) is 0.273. The maximum absolute atomic E-state index is 11.6. The van der Waals surface area contributed by atoms with E-state index in [1.54, 1.807) is 12.1 Å². The Bertz CT molecular complexity index is 452. The largest absolute Gasteiger partial charge is 0.495 e. The van der Waals surface area contributed by atoms with Crippen LogP contribution in [-0.4, -0.2) is 12.9 Å². The van der Waals surface area contributed by atoms with Crippen LogP contribution in [0.1, 0.15) is 23.2 Å². The molecule has 1 rings (SSSR count). The van der Waals surface area contributed by atoms with Gasteiger partial charge in [-0.15, -0.1) is 0 Å². The Morgan fingerprint density at radius 3 is 2.69 bits per heavy atom. The lowest BCUT2D eigenvalue weighted by molar-refractivity contribution is 0.0984. The van der Waals surface area contributed by atoms with E-state index in [1.165, 1.54) is 7.11 Å². The third kappa shape index (κ3) is 2.66. The van der Waals surface area contributed by atoms with E-state index < -0.39 is 0 Å². The zero-order valence-corrected chi connectivity index (χ0v) is 10.1. The van der Waals surface area contributed by atoms with Gasteiger partial charge in [-0.3, -0.25) is 4.79 Å². The molecule has 0 saturated heterocycles. The van der Waals surface area contributed by atoms with Crippen LogP contribution in [0.2, 0.25) is 10.0 Å². The van der Waals surface area contributed by atoms with Gasteiger partial charge in [0.15, 0.2) is 5.78 Å². The minimum Gasteiger partial charge on any atom is -0.495 e. The SMILES string of the molecule is COc1ccc(C(=O)CCC#N)c(Cl)c1Cl. The summed E-state index contributed by atoms with van der Waals surface area (Å²) in [5.41, 5.74) is 0.322. The number of rotatable bonds is 4. The maximum atomic E-state index is 11.6. The molecular formula is C11H9Cl2NO2. The monoisotopic (exact) mass is 257 g/mol. The number of carbonyl (C=O) groups excluding carboxylic acids is 1. The zero-order chi connectivity index (χ0) is 12.1. The molecule has 0 spiro atoms. The highest BCUT2D eigenvalue weighted by Gasteiger charge is 2.15. The van der Waals surface area contributed by atoms with Gasteiger partial charge in [0, 0.05) is 18.4 Å². The van der Waals surface area contributed by atoms with Crippen molar-refractivity contribution in [1.29, 1.82) is 5.26 Å². The molecule has 0 aromatic heterocycles. The number of hydrogen-bond acceptors (Lipinski definition) is 3. The maximum Gasteiger partial charge on any atom is 0.165 e. The summed E-state index contributed by atoms with van der Waals surface area (Å²) in [4.78, 5) is 11.6. The van der Waals surface area contributed by atoms with Crippen molar-refractivity contribution in [2.75, 3.05) is 7.11 Å². The van der Waals surface area contributed by atoms with E-state index in [0.29, 0.717) is 11.3 Å². The molecule has 0 heterocycles. The molecule has 0 atom stereocenters. The number of nitrogens with zero attached hydrogens (tertiary/aromatic N) is 1. The van der Waals surface area contributed by atoms with Gasteiger partial charge in [-0.05, 0) is 12.1 Å². The van der Waals surface area contributed by atoms with Gasteiger partial charge in [-0.1, -0.05) is 23.2 Å². The summed E-state index contributed by atoms with van der Waals surface area (Å²) < 4.78 is 4.96. The fourth-order valence-corrected chi connectivity index (χ4v) is 1.71. The van der Waals surface area contributed by atoms with Crippen molar-refractivity contribution in [1.82, 2.24) is 0 Å². The average Bonchev–Trinajstić information content (AvgIpc) is 2.29. The highest BCUT2D eigenvalue weighted by molar-refractivity contribution is 6.44. The highest BCUT2D eigenvalue weighted by atomic mass is 35.5. The molecule has 0 fully saturated rings. The molecule has 0 N–H and O–H groups in total. The molecule has 0 saturated carbocycles. The molecular weight excluding hydrogens is 249 g/mol. The third-order valence-electron chi connectivity index (χ3n) is 2.03. The Hall–Kier alpha value is -1.24. The molecule has 84 valence electrons. The zero-order valence-electron chi connectivity index (χ0n) is 8.59. The molecule has 1 aromatic rings. The molecule has 16 heavy (non-hydrogen) atoms. The van der Waals surface area contributed by atoms with Crippen LogP contribution in [-0.2, 0) is 0 Å². The number of methoxy groups -OCH3 is 1. The highest BCUT2D eigenvalue weighted by Crippen LogP contribution is 2.34. The van der Waals surface area contributed by atoms with Crippen molar-refractivity contribution in [2.24, 2.45) is 0 Å². The first-order valence-corrected chi connectivity index (χ1v) is 5.29. The Balaban J connectivity index is 3.03. The lowest BCUT2D eigenvalue weighted by Gasteiger charge is -2.08. The molecule has 0 bridgehead atoms. The molecule has 5 heteroatoms. The van der Waals surface area contributed by atoms with E-state index in [-0.39, 0.29) is 28.7 Å². The minimum absolute atomic E-state index is 0.138. The predicted octanol–water partition coefficient (Wildman–Crippen LogP) is 3.49. The third-order valence-corrected chi connectivity index (χ3v) is 2.90. The lowest BCUT2D eigenvalue weighted by Crippen LogP contribution is -2.00. The van der Waals surface area contributed by atoms with Crippen LogP contribution < -0.4 is 4.74 Å². The van der Waals surface area contributed by atoms with Crippen molar-refractivity contribution < 1.29 is 9.53 Å². The Morgan fingerprint density at radius 1 is 1.44 bits per heavy atom. The molecule has 0 aliphatic rings.